The first-order valence-electron chi connectivity index (χ1n) is 43.1. The molecule has 3 N–H and O–H groups in total. The van der Waals surface area contributed by atoms with Gasteiger partial charge in [0, 0.05) is 25.7 Å². The highest BCUT2D eigenvalue weighted by atomic mass is 31.2. The van der Waals surface area contributed by atoms with Crippen LogP contribution in [0.4, 0.5) is 0 Å². The van der Waals surface area contributed by atoms with Gasteiger partial charge in [-0.15, -0.1) is 0 Å². The van der Waals surface area contributed by atoms with Gasteiger partial charge >= 0.3 is 39.5 Å². The predicted octanol–water partition coefficient (Wildman–Crippen LogP) is 25.8. The zero-order chi connectivity index (χ0) is 80.3. The molecule has 19 heteroatoms. The van der Waals surface area contributed by atoms with E-state index in [1.54, 1.807) is 0 Å². The van der Waals surface area contributed by atoms with Crippen LogP contribution in [0.1, 0.15) is 349 Å². The number of carbonyl (C=O) groups is 4. The zero-order valence-corrected chi connectivity index (χ0v) is 70.9. The Kier molecular flexibility index (Phi) is 78.2. The maximum Gasteiger partial charge on any atom is 0.472 e. The van der Waals surface area contributed by atoms with Crippen molar-refractivity contribution in [1.29, 1.82) is 0 Å². The Morgan fingerprint density at radius 1 is 0.264 bits per heavy atom. The lowest BCUT2D eigenvalue weighted by atomic mass is 10.0. The van der Waals surface area contributed by atoms with Gasteiger partial charge in [0.15, 0.2) is 12.2 Å². The van der Waals surface area contributed by atoms with Crippen LogP contribution >= 0.6 is 15.6 Å². The van der Waals surface area contributed by atoms with Gasteiger partial charge in [0.25, 0.3) is 0 Å². The molecular formula is C91H154O17P2. The lowest BCUT2D eigenvalue weighted by Gasteiger charge is -2.21. The molecule has 110 heavy (non-hydrogen) atoms. The minimum absolute atomic E-state index is 0.0349. The molecule has 5 atom stereocenters. The van der Waals surface area contributed by atoms with Crippen LogP contribution in [-0.2, 0) is 65.4 Å². The summed E-state index contributed by atoms with van der Waals surface area (Å²) in [6.07, 6.45) is 95.3. The van der Waals surface area contributed by atoms with Gasteiger partial charge in [0.1, 0.15) is 19.3 Å². The van der Waals surface area contributed by atoms with E-state index >= 15 is 0 Å². The summed E-state index contributed by atoms with van der Waals surface area (Å²) < 4.78 is 68.8. The van der Waals surface area contributed by atoms with Crippen molar-refractivity contribution < 1.29 is 80.2 Å². The van der Waals surface area contributed by atoms with Crippen LogP contribution in [0.2, 0.25) is 0 Å². The second-order valence-corrected chi connectivity index (χ2v) is 31.3. The molecule has 0 saturated carbocycles. The predicted molar refractivity (Wildman–Crippen MR) is 454 cm³/mol. The number of allylic oxidation sites excluding steroid dienone is 24. The molecule has 0 radical (unpaired) electrons. The standard InChI is InChI=1S/C91H154O17P2/c1-5-9-13-17-21-25-29-33-37-40-42-45-48-51-55-59-63-67-71-75-88(93)101-81-86(107-90(95)77-73-69-65-61-57-53-47-36-32-28-24-20-16-12-8-4)83-105-109(97,98)103-79-85(92)80-104-110(99,100)106-84-87(108-91(96)78-74-70-66-62-58-54-50-44-39-35-31-27-23-19-15-11-7-3)82-102-89(94)76-72-68-64-60-56-52-49-46-43-41-38-34-30-26-22-18-14-10-6-2/h9,11,13,15,21-23,25-27,33-35,37-39,42-43,45-46,51,55,63,67,85-87,92H,5-8,10,12,14,16-20,24,28-32,36,40-41,44,47-50,52-54,56-62,64-66,68-84H2,1-4H3,(H,97,98)(H,99,100)/b13-9-,15-11-,25-21-,26-22-,27-23-,37-33-,38-34-,39-35-,45-42-,46-43-,55-51-,67-63-. The molecule has 0 fully saturated rings. The van der Waals surface area contributed by atoms with Crippen LogP contribution in [0.15, 0.2) is 146 Å². The van der Waals surface area contributed by atoms with E-state index in [1.165, 1.54) is 83.5 Å². The summed E-state index contributed by atoms with van der Waals surface area (Å²) in [7, 11) is -10.00. The summed E-state index contributed by atoms with van der Waals surface area (Å²) in [5.74, 6) is -2.29. The molecule has 630 valence electrons. The van der Waals surface area contributed by atoms with Crippen molar-refractivity contribution in [3.63, 3.8) is 0 Å². The number of hydrogen-bond acceptors (Lipinski definition) is 15. The van der Waals surface area contributed by atoms with Crippen LogP contribution in [0.25, 0.3) is 0 Å². The van der Waals surface area contributed by atoms with Crippen LogP contribution in [0, 0.1) is 0 Å². The molecule has 0 bridgehead atoms. The number of hydrogen-bond donors (Lipinski definition) is 3. The monoisotopic (exact) mass is 1580 g/mol. The van der Waals surface area contributed by atoms with E-state index < -0.39 is 97.5 Å². The van der Waals surface area contributed by atoms with Crippen molar-refractivity contribution in [1.82, 2.24) is 0 Å². The minimum atomic E-state index is -5.00. The van der Waals surface area contributed by atoms with Crippen molar-refractivity contribution in [3.05, 3.63) is 146 Å². The normalized spacial score (nSPS) is 14.5. The Morgan fingerprint density at radius 3 is 0.800 bits per heavy atom. The maximum atomic E-state index is 13.1. The second-order valence-electron chi connectivity index (χ2n) is 28.4. The third kappa shape index (κ3) is 81.0. The molecule has 0 rings (SSSR count). The smallest absolute Gasteiger partial charge is 0.462 e. The minimum Gasteiger partial charge on any atom is -0.462 e. The van der Waals surface area contributed by atoms with E-state index in [1.807, 2.05) is 12.2 Å². The van der Waals surface area contributed by atoms with Crippen LogP contribution < -0.4 is 0 Å². The number of aliphatic hydroxyl groups is 1. The van der Waals surface area contributed by atoms with E-state index in [0.29, 0.717) is 32.1 Å². The third-order valence-electron chi connectivity index (χ3n) is 17.8. The molecular weight excluding hydrogens is 1430 g/mol. The third-order valence-corrected chi connectivity index (χ3v) is 19.7. The van der Waals surface area contributed by atoms with Crippen LogP contribution in [-0.4, -0.2) is 96.7 Å². The molecule has 0 saturated heterocycles. The van der Waals surface area contributed by atoms with Crippen molar-refractivity contribution in [2.45, 2.75) is 367 Å². The van der Waals surface area contributed by atoms with Gasteiger partial charge in [0.2, 0.25) is 0 Å². The average Bonchev–Trinajstić information content (AvgIpc) is 0.899. The summed E-state index contributed by atoms with van der Waals surface area (Å²) in [4.78, 5) is 73.3. The molecule has 0 spiro atoms. The fourth-order valence-corrected chi connectivity index (χ4v) is 12.9. The van der Waals surface area contributed by atoms with Gasteiger partial charge in [-0.3, -0.25) is 37.3 Å². The number of rotatable bonds is 80. The second kappa shape index (κ2) is 81.9. The lowest BCUT2D eigenvalue weighted by molar-refractivity contribution is -0.161. The van der Waals surface area contributed by atoms with Crippen molar-refractivity contribution in [2.75, 3.05) is 39.6 Å². The van der Waals surface area contributed by atoms with Gasteiger partial charge in [0.05, 0.1) is 26.4 Å². The molecule has 0 aliphatic rings. The fourth-order valence-electron chi connectivity index (χ4n) is 11.3. The van der Waals surface area contributed by atoms with Gasteiger partial charge in [-0.1, -0.05) is 334 Å². The summed E-state index contributed by atoms with van der Waals surface area (Å²) in [6, 6.07) is 0. The van der Waals surface area contributed by atoms with Crippen LogP contribution in [0.5, 0.6) is 0 Å². The van der Waals surface area contributed by atoms with Gasteiger partial charge in [-0.05, 0) is 135 Å². The Labute approximate surface area is 668 Å². The van der Waals surface area contributed by atoms with Crippen LogP contribution in [0.3, 0.4) is 0 Å². The summed E-state index contributed by atoms with van der Waals surface area (Å²) in [5.41, 5.74) is 0. The first-order chi connectivity index (χ1) is 53.7. The van der Waals surface area contributed by atoms with E-state index in [4.69, 9.17) is 37.0 Å². The van der Waals surface area contributed by atoms with Crippen molar-refractivity contribution >= 4 is 39.5 Å². The highest BCUT2D eigenvalue weighted by molar-refractivity contribution is 7.47. The first kappa shape index (κ1) is 105. The first-order valence-corrected chi connectivity index (χ1v) is 46.1. The highest BCUT2D eigenvalue weighted by Crippen LogP contribution is 2.45. The number of phosphoric ester groups is 2. The molecule has 0 aromatic heterocycles. The number of esters is 4. The summed E-state index contributed by atoms with van der Waals surface area (Å²) in [5, 5.41) is 10.7. The Morgan fingerprint density at radius 2 is 0.491 bits per heavy atom. The number of unbranched alkanes of at least 4 members (excludes halogenated alkanes) is 30. The Balaban J connectivity index is 5.45. The van der Waals surface area contributed by atoms with Crippen molar-refractivity contribution in [2.24, 2.45) is 0 Å². The topological polar surface area (TPSA) is 237 Å². The number of aliphatic hydroxyl groups excluding tert-OH is 1. The van der Waals surface area contributed by atoms with Crippen molar-refractivity contribution in [3.8, 4) is 0 Å². The molecule has 0 aliphatic carbocycles. The van der Waals surface area contributed by atoms with E-state index in [9.17, 15) is 43.2 Å². The number of phosphoric acid groups is 2. The average molecular weight is 1580 g/mol. The number of carbonyl (C=O) groups excluding carboxylic acids is 4. The molecule has 0 amide bonds. The molecule has 0 aromatic rings. The number of ether oxygens (including phenoxy) is 4. The largest absolute Gasteiger partial charge is 0.472 e. The molecule has 0 aromatic carbocycles. The molecule has 0 aliphatic heterocycles. The zero-order valence-electron chi connectivity index (χ0n) is 69.1. The highest BCUT2D eigenvalue weighted by Gasteiger charge is 2.30. The van der Waals surface area contributed by atoms with E-state index in [2.05, 4.69) is 161 Å². The molecule has 5 unspecified atom stereocenters. The Hall–Kier alpha value is -5.06. The molecule has 17 nitrogen and oxygen atoms in total. The maximum absolute atomic E-state index is 13.1. The lowest BCUT2D eigenvalue weighted by Crippen LogP contribution is -2.30. The van der Waals surface area contributed by atoms with Gasteiger partial charge in [-0.25, -0.2) is 9.13 Å². The molecule has 0 heterocycles. The SMILES string of the molecule is CC/C=C\C/C=C\C/C=C\C/C=C\C/C=C\C/C=C\CCC(=O)OCC(COP(=O)(O)OCC(O)COP(=O)(O)OCC(COC(=O)CCCCCCCC/C=C\C/C=C\C/C=C\CCCCC)OC(=O)CCCCCCCCC/C=C\C/C=C\C/C=C\CC)OC(=O)CCCCCCCCCCCCCCCCC. The summed E-state index contributed by atoms with van der Waals surface area (Å²) in [6.45, 7) is 4.56. The quantitative estimate of drug-likeness (QED) is 0.0169. The fraction of sp³-hybridized carbons (Fsp3) is 0.692. The van der Waals surface area contributed by atoms with Gasteiger partial charge < -0.3 is 33.8 Å². The Bertz CT molecular complexity index is 2650. The van der Waals surface area contributed by atoms with E-state index in [-0.39, 0.29) is 25.7 Å². The van der Waals surface area contributed by atoms with Gasteiger partial charge in [-0.2, -0.15) is 0 Å². The van der Waals surface area contributed by atoms with E-state index in [0.717, 1.165) is 180 Å². The summed E-state index contributed by atoms with van der Waals surface area (Å²) >= 11 is 0.